The van der Waals surface area contributed by atoms with Crippen molar-refractivity contribution in [1.29, 1.82) is 0 Å². The maximum atomic E-state index is 12.2. The van der Waals surface area contributed by atoms with Crippen LogP contribution >= 0.6 is 23.1 Å². The first-order valence-corrected chi connectivity index (χ1v) is 8.55. The van der Waals surface area contributed by atoms with Gasteiger partial charge in [-0.2, -0.15) is 0 Å². The molecule has 4 nitrogen and oxygen atoms in total. The van der Waals surface area contributed by atoms with Gasteiger partial charge in [-0.1, -0.05) is 31.2 Å². The number of rotatable bonds is 6. The lowest BCUT2D eigenvalue weighted by atomic mass is 10.1. The van der Waals surface area contributed by atoms with Gasteiger partial charge in [0.2, 0.25) is 0 Å². The molecule has 2 rings (SSSR count). The van der Waals surface area contributed by atoms with Gasteiger partial charge in [0.1, 0.15) is 0 Å². The molecule has 2 heterocycles. The molecule has 0 bridgehead atoms. The minimum absolute atomic E-state index is 0.0627. The molecule has 1 atom stereocenters. The highest BCUT2D eigenvalue weighted by Gasteiger charge is 2.16. The molecule has 2 aromatic heterocycles. The summed E-state index contributed by atoms with van der Waals surface area (Å²) in [6, 6.07) is 4.12. The van der Waals surface area contributed by atoms with E-state index in [0.717, 1.165) is 12.8 Å². The zero-order valence-corrected chi connectivity index (χ0v) is 13.1. The van der Waals surface area contributed by atoms with Crippen molar-refractivity contribution in [2.45, 2.75) is 31.0 Å². The molecule has 0 aliphatic heterocycles. The van der Waals surface area contributed by atoms with E-state index in [1.807, 2.05) is 17.7 Å². The quantitative estimate of drug-likeness (QED) is 0.655. The third kappa shape index (κ3) is 3.80. The fourth-order valence-electron chi connectivity index (χ4n) is 1.84. The van der Waals surface area contributed by atoms with Crippen molar-refractivity contribution in [3.63, 3.8) is 0 Å². The second-order valence-electron chi connectivity index (χ2n) is 4.29. The van der Waals surface area contributed by atoms with Crippen LogP contribution in [0.25, 0.3) is 0 Å². The van der Waals surface area contributed by atoms with Crippen LogP contribution in [0.3, 0.4) is 0 Å². The third-order valence-corrected chi connectivity index (χ3v) is 4.40. The zero-order chi connectivity index (χ0) is 14.4. The van der Waals surface area contributed by atoms with Gasteiger partial charge in [-0.3, -0.25) is 4.79 Å². The third-order valence-electron chi connectivity index (χ3n) is 2.84. The summed E-state index contributed by atoms with van der Waals surface area (Å²) in [5, 5.41) is 5.76. The van der Waals surface area contributed by atoms with Crippen LogP contribution in [0.4, 0.5) is 0 Å². The van der Waals surface area contributed by atoms with Crippen LogP contribution in [-0.2, 0) is 0 Å². The molecule has 1 N–H and O–H groups in total. The van der Waals surface area contributed by atoms with E-state index < -0.39 is 0 Å². The summed E-state index contributed by atoms with van der Waals surface area (Å²) >= 11 is 3.12. The number of thiophene rings is 1. The topological polar surface area (TPSA) is 54.9 Å². The Labute approximate surface area is 127 Å². The van der Waals surface area contributed by atoms with Crippen molar-refractivity contribution in [3.05, 3.63) is 40.3 Å². The second kappa shape index (κ2) is 7.40. The summed E-state index contributed by atoms with van der Waals surface area (Å²) in [5.74, 6) is -0.121. The highest BCUT2D eigenvalue weighted by molar-refractivity contribution is 7.98. The van der Waals surface area contributed by atoms with Crippen LogP contribution < -0.4 is 5.32 Å². The van der Waals surface area contributed by atoms with E-state index in [9.17, 15) is 4.79 Å². The summed E-state index contributed by atoms with van der Waals surface area (Å²) in [6.07, 6.45) is 7.00. The summed E-state index contributed by atoms with van der Waals surface area (Å²) in [7, 11) is 0. The van der Waals surface area contributed by atoms with Crippen LogP contribution in [0.15, 0.2) is 35.1 Å². The molecule has 0 aromatic carbocycles. The lowest BCUT2D eigenvalue weighted by molar-refractivity contribution is 0.0934. The van der Waals surface area contributed by atoms with E-state index >= 15 is 0 Å². The number of carbonyl (C=O) groups excluding carboxylic acids is 1. The van der Waals surface area contributed by atoms with Gasteiger partial charge < -0.3 is 5.32 Å². The van der Waals surface area contributed by atoms with Crippen LogP contribution in [0.1, 0.15) is 41.0 Å². The molecule has 0 saturated heterocycles. The van der Waals surface area contributed by atoms with Crippen molar-refractivity contribution in [3.8, 4) is 0 Å². The Balaban J connectivity index is 2.07. The molecule has 2 aromatic rings. The first kappa shape index (κ1) is 15.0. The lowest BCUT2D eigenvalue weighted by Crippen LogP contribution is -2.28. The van der Waals surface area contributed by atoms with E-state index in [4.69, 9.17) is 0 Å². The van der Waals surface area contributed by atoms with Crippen molar-refractivity contribution in [1.82, 2.24) is 15.3 Å². The molecule has 0 spiro atoms. The van der Waals surface area contributed by atoms with Gasteiger partial charge in [0.05, 0.1) is 11.6 Å². The minimum Gasteiger partial charge on any atom is -0.344 e. The fraction of sp³-hybridized carbons (Fsp3) is 0.357. The predicted molar refractivity (Wildman–Crippen MR) is 83.2 cm³/mol. The lowest BCUT2D eigenvalue weighted by Gasteiger charge is -2.16. The van der Waals surface area contributed by atoms with Gasteiger partial charge in [0, 0.05) is 17.3 Å². The Morgan fingerprint density at radius 1 is 1.45 bits per heavy atom. The standard InChI is InChI=1S/C14H17N3OS2/c1-3-5-11(12-6-4-7-20-12)17-13(18)10-8-15-14(19-2)16-9-10/h4,6-9,11H,3,5H2,1-2H3,(H,17,18)/t11-/m1/s1. The Morgan fingerprint density at radius 2 is 2.20 bits per heavy atom. The molecule has 6 heteroatoms. The van der Waals surface area contributed by atoms with Crippen molar-refractivity contribution >= 4 is 29.0 Å². The Morgan fingerprint density at radius 3 is 2.75 bits per heavy atom. The molecule has 0 aliphatic rings. The number of nitrogens with zero attached hydrogens (tertiary/aromatic N) is 2. The molecular weight excluding hydrogens is 290 g/mol. The molecule has 0 radical (unpaired) electrons. The largest absolute Gasteiger partial charge is 0.344 e. The van der Waals surface area contributed by atoms with Crippen molar-refractivity contribution in [2.24, 2.45) is 0 Å². The SMILES string of the molecule is CCC[C@@H](NC(=O)c1cnc(SC)nc1)c1cccs1. The number of thioether (sulfide) groups is 1. The number of amides is 1. The highest BCUT2D eigenvalue weighted by Crippen LogP contribution is 2.23. The van der Waals surface area contributed by atoms with Crippen molar-refractivity contribution in [2.75, 3.05) is 6.26 Å². The number of aromatic nitrogens is 2. The van der Waals surface area contributed by atoms with Gasteiger partial charge in [-0.25, -0.2) is 9.97 Å². The summed E-state index contributed by atoms with van der Waals surface area (Å²) in [5.41, 5.74) is 0.500. The maximum Gasteiger partial charge on any atom is 0.254 e. The van der Waals surface area contributed by atoms with Crippen LogP contribution in [0.5, 0.6) is 0 Å². The van der Waals surface area contributed by atoms with Crippen LogP contribution in [0.2, 0.25) is 0 Å². The molecule has 106 valence electrons. The Bertz CT molecular complexity index is 540. The molecule has 0 fully saturated rings. The normalized spacial score (nSPS) is 12.1. The first-order valence-electron chi connectivity index (χ1n) is 6.45. The van der Waals surface area contributed by atoms with E-state index in [1.54, 1.807) is 23.7 Å². The average molecular weight is 307 g/mol. The fourth-order valence-corrected chi connectivity index (χ4v) is 2.97. The molecule has 0 aliphatic carbocycles. The summed E-state index contributed by atoms with van der Waals surface area (Å²) < 4.78 is 0. The predicted octanol–water partition coefficient (Wildman–Crippen LogP) is 3.53. The van der Waals surface area contributed by atoms with Gasteiger partial charge in [0.25, 0.3) is 5.91 Å². The molecular formula is C14H17N3OS2. The summed E-state index contributed by atoms with van der Waals surface area (Å²) in [4.78, 5) is 21.7. The molecule has 20 heavy (non-hydrogen) atoms. The monoisotopic (exact) mass is 307 g/mol. The summed E-state index contributed by atoms with van der Waals surface area (Å²) in [6.45, 7) is 2.11. The maximum absolute atomic E-state index is 12.2. The Kier molecular flexibility index (Phi) is 5.55. The number of hydrogen-bond donors (Lipinski definition) is 1. The molecule has 1 amide bonds. The van der Waals surface area contributed by atoms with Crippen LogP contribution in [-0.4, -0.2) is 22.1 Å². The number of nitrogens with one attached hydrogen (secondary N) is 1. The smallest absolute Gasteiger partial charge is 0.254 e. The first-order chi connectivity index (χ1) is 9.74. The van der Waals surface area contributed by atoms with Gasteiger partial charge in [0.15, 0.2) is 5.16 Å². The molecule has 0 saturated carbocycles. The molecule has 0 unspecified atom stereocenters. The highest BCUT2D eigenvalue weighted by atomic mass is 32.2. The zero-order valence-electron chi connectivity index (χ0n) is 11.5. The van der Waals surface area contributed by atoms with E-state index in [-0.39, 0.29) is 11.9 Å². The van der Waals surface area contributed by atoms with Gasteiger partial charge in [-0.15, -0.1) is 11.3 Å². The Hall–Kier alpha value is -1.40. The number of carbonyl (C=O) groups is 1. The van der Waals surface area contributed by atoms with E-state index in [2.05, 4.69) is 28.3 Å². The van der Waals surface area contributed by atoms with Gasteiger partial charge in [-0.05, 0) is 24.1 Å². The average Bonchev–Trinajstić information content (AvgIpc) is 3.01. The van der Waals surface area contributed by atoms with Crippen molar-refractivity contribution < 1.29 is 4.79 Å². The minimum atomic E-state index is -0.121. The number of hydrogen-bond acceptors (Lipinski definition) is 5. The van der Waals surface area contributed by atoms with E-state index in [1.165, 1.54) is 16.6 Å². The van der Waals surface area contributed by atoms with Crippen LogP contribution in [0, 0.1) is 0 Å². The van der Waals surface area contributed by atoms with Gasteiger partial charge >= 0.3 is 0 Å². The second-order valence-corrected chi connectivity index (χ2v) is 6.04. The van der Waals surface area contributed by atoms with E-state index in [0.29, 0.717) is 10.7 Å².